The van der Waals surface area contributed by atoms with Gasteiger partial charge in [-0.2, -0.15) is 0 Å². The molecule has 2 aromatic carbocycles. The number of hydrogen-bond donors (Lipinski definition) is 13. The van der Waals surface area contributed by atoms with Gasteiger partial charge in [-0.3, -0.25) is 47.9 Å². The highest BCUT2D eigenvalue weighted by atomic mass is 33.1. The minimum absolute atomic E-state index is 0.0463. The van der Waals surface area contributed by atoms with Crippen LogP contribution in [0.4, 0.5) is 4.79 Å². The van der Waals surface area contributed by atoms with Gasteiger partial charge in [0.1, 0.15) is 73.1 Å². The number of allylic oxidation sites excluding steroid dienone is 3. The van der Waals surface area contributed by atoms with Crippen molar-refractivity contribution in [2.75, 3.05) is 37.7 Å². The molecule has 3 saturated heterocycles. The lowest BCUT2D eigenvalue weighted by atomic mass is 9.47. The van der Waals surface area contributed by atoms with Gasteiger partial charge in [0.15, 0.2) is 12.4 Å². The Kier molecular flexibility index (Phi) is 32.9. The predicted molar refractivity (Wildman–Crippen MR) is 474 cm³/mol. The standard InChI is InChI=1S/C94H131N13O15S2/c1-56(2)23-19-24-57(3)68-37-38-69-67-36-35-64-50-65(39-41-93(64,6)70(67)40-42-94(68,69)7)122-92(121)95-43-18-17-32-72-82(111)104-81(59(5)110)89(118)103-78(87(116)101-76(53-108)58(4)109)55-124-123-54-77(86(115)98-73(47-60-25-11-9-12-26-60)83(112)99-75(85(114)97-72)49-63-51-96-71-31-16-15-30-66(63)71)102-84(113)74(48-61-27-13-10-14-28-61)100-88(117)79-33-21-45-106(79)91(120)80-34-22-46-107(80)90(119)62-29-20-44-105(8)52-62/h9-16,20,25-31,35,44,51-52,56-59,65-81,96,108-110H,17-19,21-24,32-34,36-43,45-50,53-55H2,1-8H3,(H8-,95,97,98,99,100,101,102,103,104,111,112,113,114,115,116,117,118,121)/p+1/t57?,58?,59?,65-,66?,67?,68?,69?,70?,71?,72?,73?,74?,75?,76?,77?,78?,79?,80?,81?,93?,94?/m0/s1. The number of rotatable bonds is 28. The molecule has 30 heteroatoms. The molecule has 4 aliphatic heterocycles. The Labute approximate surface area is 737 Å². The van der Waals surface area contributed by atoms with Crippen LogP contribution >= 0.6 is 21.6 Å². The van der Waals surface area contributed by atoms with Gasteiger partial charge >= 0.3 is 6.09 Å². The summed E-state index contributed by atoms with van der Waals surface area (Å²) < 4.78 is 7.93. The third-order valence-electron chi connectivity index (χ3n) is 28.1. The molecule has 0 radical (unpaired) electrons. The number of alkyl carbamates (subject to hydrolysis) is 1. The number of aromatic nitrogens is 1. The Morgan fingerprint density at radius 2 is 1.36 bits per heavy atom. The average Bonchev–Trinajstić information content (AvgIpc) is 1.42. The topological polar surface area (TPSA) is 388 Å². The van der Waals surface area contributed by atoms with Crippen LogP contribution in [0.3, 0.4) is 0 Å². The zero-order valence-corrected chi connectivity index (χ0v) is 74.8. The lowest BCUT2D eigenvalue weighted by Crippen LogP contribution is -2.62. The maximum absolute atomic E-state index is 15.6. The predicted octanol–water partition coefficient (Wildman–Crippen LogP) is 6.91. The van der Waals surface area contributed by atoms with Crippen LogP contribution < -0.4 is 57.7 Å². The number of benzene rings is 2. The molecule has 6 fully saturated rings. The maximum atomic E-state index is 15.6. The van der Waals surface area contributed by atoms with Gasteiger partial charge in [0, 0.05) is 62.4 Å². The van der Waals surface area contributed by atoms with Crippen molar-refractivity contribution in [2.45, 2.75) is 268 Å². The van der Waals surface area contributed by atoms with Gasteiger partial charge in [-0.25, -0.2) is 9.36 Å². The number of carbonyl (C=O) groups is 11. The number of unbranched alkanes of at least 4 members (excludes halogenated alkanes) is 1. The summed E-state index contributed by atoms with van der Waals surface area (Å²) in [5.74, 6) is -4.36. The average molecular weight is 1750 g/mol. The van der Waals surface area contributed by atoms with Crippen molar-refractivity contribution in [3.63, 3.8) is 0 Å². The first-order valence-corrected chi connectivity index (χ1v) is 47.7. The number of ether oxygens (including phenoxy) is 1. The van der Waals surface area contributed by atoms with E-state index < -0.39 is 138 Å². The fourth-order valence-electron chi connectivity index (χ4n) is 21.2. The minimum Gasteiger partial charge on any atom is -0.446 e. The van der Waals surface area contributed by atoms with Gasteiger partial charge in [0.25, 0.3) is 5.91 Å². The van der Waals surface area contributed by atoms with E-state index in [1.165, 1.54) is 69.3 Å². The van der Waals surface area contributed by atoms with E-state index in [1.807, 2.05) is 24.3 Å². The number of amides is 11. The summed E-state index contributed by atoms with van der Waals surface area (Å²) in [4.78, 5) is 167. The van der Waals surface area contributed by atoms with Crippen molar-refractivity contribution in [3.8, 4) is 0 Å². The molecule has 9 aliphatic rings. The lowest BCUT2D eigenvalue weighted by molar-refractivity contribution is -0.671. The number of carbonyl (C=O) groups excluding carboxylic acids is 11. The molecule has 1 aromatic heterocycles. The van der Waals surface area contributed by atoms with Crippen LogP contribution in [0, 0.1) is 52.3 Å². The summed E-state index contributed by atoms with van der Waals surface area (Å²) in [6, 6.07) is 6.99. The number of hydrogen-bond acceptors (Lipinski definition) is 18. The van der Waals surface area contributed by atoms with Gasteiger partial charge in [-0.05, 0) is 185 Å². The summed E-state index contributed by atoms with van der Waals surface area (Å²) in [6.45, 7) is 14.8. The van der Waals surface area contributed by atoms with Crippen LogP contribution in [0.25, 0.3) is 0 Å². The number of nitrogens with one attached hydrogen (secondary N) is 10. The number of fused-ring (bicyclic) bond motifs is 6. The van der Waals surface area contributed by atoms with Crippen LogP contribution in [-0.2, 0) is 67.8 Å². The molecule has 0 spiro atoms. The highest BCUT2D eigenvalue weighted by molar-refractivity contribution is 8.76. The minimum atomic E-state index is -1.79. The first-order valence-electron chi connectivity index (χ1n) is 45.2. The zero-order chi connectivity index (χ0) is 88.5. The quantitative estimate of drug-likeness (QED) is 0.0152. The van der Waals surface area contributed by atoms with Crippen LogP contribution in [0.1, 0.15) is 192 Å². The maximum Gasteiger partial charge on any atom is 0.407 e. The molecular formula is C94H132N13O15S2+. The van der Waals surface area contributed by atoms with E-state index in [2.05, 4.69) is 93.9 Å². The van der Waals surface area contributed by atoms with E-state index >= 15 is 24.0 Å². The molecule has 5 heterocycles. The molecule has 13 N–H and O–H groups in total. The summed E-state index contributed by atoms with van der Waals surface area (Å²) in [7, 11) is 3.73. The van der Waals surface area contributed by atoms with Gasteiger partial charge in [-0.15, -0.1) is 0 Å². The number of likely N-dealkylation sites (tertiary alicyclic amines) is 2. The fraction of sp³-hybridized carbons (Fsp3) is 0.617. The van der Waals surface area contributed by atoms with Gasteiger partial charge in [-0.1, -0.05) is 172 Å². The summed E-state index contributed by atoms with van der Waals surface area (Å²) in [5.41, 5.74) is 4.12. The van der Waals surface area contributed by atoms with E-state index in [0.717, 1.165) is 58.6 Å². The van der Waals surface area contributed by atoms with E-state index in [0.29, 0.717) is 77.7 Å². The second kappa shape index (κ2) is 43.4. The van der Waals surface area contributed by atoms with Crippen molar-refractivity contribution < 1.29 is 77.4 Å². The monoisotopic (exact) mass is 1750 g/mol. The molecular weight excluding hydrogens is 1620 g/mol. The molecule has 3 saturated carbocycles. The third kappa shape index (κ3) is 23.4. The smallest absolute Gasteiger partial charge is 0.407 e. The highest BCUT2D eigenvalue weighted by Crippen LogP contribution is 2.67. The Bertz CT molecular complexity index is 4400. The molecule has 21 unspecified atom stereocenters. The van der Waals surface area contributed by atoms with E-state index in [1.54, 1.807) is 108 Å². The molecule has 674 valence electrons. The Morgan fingerprint density at radius 1 is 0.677 bits per heavy atom. The largest absolute Gasteiger partial charge is 0.446 e. The van der Waals surface area contributed by atoms with Crippen molar-refractivity contribution >= 4 is 86.8 Å². The van der Waals surface area contributed by atoms with Crippen molar-refractivity contribution in [3.05, 3.63) is 150 Å². The molecule has 12 rings (SSSR count). The first kappa shape index (κ1) is 94.0. The van der Waals surface area contributed by atoms with Crippen LogP contribution in [0.2, 0.25) is 0 Å². The number of nitrogens with zero attached hydrogens (tertiary/aromatic N) is 3. The lowest BCUT2D eigenvalue weighted by Gasteiger charge is -2.58. The zero-order valence-electron chi connectivity index (χ0n) is 73.2. The molecule has 28 nitrogen and oxygen atoms in total. The van der Waals surface area contributed by atoms with Crippen LogP contribution in [-0.4, -0.2) is 213 Å². The first-order chi connectivity index (χ1) is 59.5. The number of aryl methyl sites for hydroxylation is 1. The van der Waals surface area contributed by atoms with Gasteiger partial charge in [0.05, 0.1) is 30.9 Å². The second-order valence-electron chi connectivity index (χ2n) is 37.1. The highest BCUT2D eigenvalue weighted by Gasteiger charge is 2.60. The van der Waals surface area contributed by atoms with Crippen molar-refractivity contribution in [2.24, 2.45) is 59.3 Å². The number of aliphatic hydroxyl groups is 3. The van der Waals surface area contributed by atoms with E-state index in [4.69, 9.17) is 4.74 Å². The molecule has 0 bridgehead atoms. The number of aliphatic hydroxyl groups excluding tert-OH is 3. The fourth-order valence-corrected chi connectivity index (χ4v) is 23.5. The normalized spacial score (nSPS) is 30.4. The summed E-state index contributed by atoms with van der Waals surface area (Å²) >= 11 is 0. The molecule has 3 aromatic rings. The van der Waals surface area contributed by atoms with Gasteiger partial charge < -0.3 is 83.0 Å². The number of pyridine rings is 1. The SMILES string of the molecule is CC(C)CCCC(C)C1CCC2C3CC=C4C[C@@H](OC(=O)NCCCCC5NC(=O)C(CC6=CNC7C=CC=CC67)NC(=O)C(Cc6ccccc6)NC(=O)C(NC(=O)C(Cc6ccccc6)NC(=O)C6CCCN6C(=O)C6CCCN6C(=O)c6ccc[n+](C)c6)CSSCC(C(=O)NC(CO)C(C)O)NC(=O)C(C(C)O)NC5=O)CCC4(C)C3CCC12C. The molecule has 22 atom stereocenters. The summed E-state index contributed by atoms with van der Waals surface area (Å²) in [5, 5.41) is 61.0. The molecule has 5 aliphatic carbocycles. The second-order valence-corrected chi connectivity index (χ2v) is 39.6. The summed E-state index contributed by atoms with van der Waals surface area (Å²) in [6.07, 6.45) is 25.7. The van der Waals surface area contributed by atoms with Crippen molar-refractivity contribution in [1.82, 2.24) is 63.0 Å². The molecule has 124 heavy (non-hydrogen) atoms. The third-order valence-corrected chi connectivity index (χ3v) is 30.5. The Morgan fingerprint density at radius 3 is 2.08 bits per heavy atom. The van der Waals surface area contributed by atoms with Crippen molar-refractivity contribution in [1.29, 1.82) is 0 Å². The molecule has 11 amide bonds. The van der Waals surface area contributed by atoms with Crippen LogP contribution in [0.5, 0.6) is 0 Å². The Hall–Kier alpha value is -9.10. The van der Waals surface area contributed by atoms with E-state index in [9.17, 15) is 44.1 Å². The van der Waals surface area contributed by atoms with E-state index in [-0.39, 0.29) is 98.9 Å². The van der Waals surface area contributed by atoms with Gasteiger partial charge in [0.2, 0.25) is 53.2 Å². The van der Waals surface area contributed by atoms with Crippen LogP contribution in [0.15, 0.2) is 133 Å². The Balaban J connectivity index is 0.780.